The Hall–Kier alpha value is -1.94. The molecule has 112 valence electrons. The highest BCUT2D eigenvalue weighted by Crippen LogP contribution is 2.19. The van der Waals surface area contributed by atoms with Gasteiger partial charge in [-0.2, -0.15) is 4.72 Å². The van der Waals surface area contributed by atoms with E-state index >= 15 is 0 Å². The number of aromatic nitrogens is 1. The molecule has 0 aliphatic carbocycles. The molecule has 0 fully saturated rings. The van der Waals surface area contributed by atoms with Crippen molar-refractivity contribution in [2.75, 3.05) is 0 Å². The number of sulfonamides is 1. The highest BCUT2D eigenvalue weighted by molar-refractivity contribution is 7.89. The zero-order chi connectivity index (χ0) is 15.5. The number of carbonyl (C=O) groups is 2. The molecular weight excluding hydrogens is 290 g/mol. The zero-order valence-corrected chi connectivity index (χ0v) is 11.7. The van der Waals surface area contributed by atoms with E-state index in [2.05, 4.69) is 5.16 Å². The summed E-state index contributed by atoms with van der Waals surface area (Å²) in [6.07, 6.45) is -0.492. The highest BCUT2D eigenvalue weighted by atomic mass is 32.2. The first-order valence-electron chi connectivity index (χ1n) is 5.61. The molecule has 0 aromatic carbocycles. The van der Waals surface area contributed by atoms with Crippen LogP contribution in [0, 0.1) is 13.8 Å². The number of nitrogens with zero attached hydrogens (tertiary/aromatic N) is 1. The largest absolute Gasteiger partial charge is 0.480 e. The van der Waals surface area contributed by atoms with Gasteiger partial charge in [0, 0.05) is 6.42 Å². The Bertz CT molecular complexity index is 601. The second-order valence-corrected chi connectivity index (χ2v) is 5.82. The van der Waals surface area contributed by atoms with Gasteiger partial charge in [-0.15, -0.1) is 0 Å². The molecule has 10 heteroatoms. The minimum Gasteiger partial charge on any atom is -0.480 e. The number of hydrogen-bond acceptors (Lipinski definition) is 6. The summed E-state index contributed by atoms with van der Waals surface area (Å²) in [7, 11) is -4.11. The van der Waals surface area contributed by atoms with Gasteiger partial charge in [0.05, 0.1) is 0 Å². The summed E-state index contributed by atoms with van der Waals surface area (Å²) >= 11 is 0. The molecular formula is C10H15N3O6S. The molecule has 0 unspecified atom stereocenters. The molecule has 1 aromatic heterocycles. The summed E-state index contributed by atoms with van der Waals surface area (Å²) in [5.41, 5.74) is 5.03. The van der Waals surface area contributed by atoms with Crippen LogP contribution in [-0.2, 0) is 19.6 Å². The predicted octanol–water partition coefficient (Wildman–Crippen LogP) is -0.712. The molecule has 0 aliphatic heterocycles. The molecule has 1 aromatic rings. The number of primary amides is 1. The number of nitrogens with two attached hydrogens (primary N) is 1. The summed E-state index contributed by atoms with van der Waals surface area (Å²) in [6.45, 7) is 2.82. The lowest BCUT2D eigenvalue weighted by atomic mass is 10.2. The van der Waals surface area contributed by atoms with Crippen molar-refractivity contribution in [3.63, 3.8) is 0 Å². The van der Waals surface area contributed by atoms with Gasteiger partial charge in [0.25, 0.3) is 0 Å². The molecule has 1 atom stereocenters. The number of hydrogen-bond donors (Lipinski definition) is 3. The maximum Gasteiger partial charge on any atom is 0.321 e. The van der Waals surface area contributed by atoms with Gasteiger partial charge in [-0.05, 0) is 20.3 Å². The van der Waals surface area contributed by atoms with Gasteiger partial charge < -0.3 is 15.4 Å². The van der Waals surface area contributed by atoms with Crippen LogP contribution in [0.1, 0.15) is 24.3 Å². The van der Waals surface area contributed by atoms with E-state index in [0.717, 1.165) is 0 Å². The molecule has 4 N–H and O–H groups in total. The molecule has 1 amide bonds. The van der Waals surface area contributed by atoms with E-state index in [1.807, 2.05) is 4.72 Å². The van der Waals surface area contributed by atoms with Gasteiger partial charge in [0.2, 0.25) is 15.9 Å². The van der Waals surface area contributed by atoms with Gasteiger partial charge in [-0.3, -0.25) is 9.59 Å². The minimum absolute atomic E-state index is 0.0500. The van der Waals surface area contributed by atoms with E-state index in [4.69, 9.17) is 15.4 Å². The monoisotopic (exact) mass is 305 g/mol. The van der Waals surface area contributed by atoms with Gasteiger partial charge in [-0.25, -0.2) is 8.42 Å². The first-order valence-corrected chi connectivity index (χ1v) is 7.09. The normalized spacial score (nSPS) is 13.1. The Balaban J connectivity index is 2.98. The lowest BCUT2D eigenvalue weighted by Gasteiger charge is -2.13. The number of carboxylic acids is 1. The number of amides is 1. The minimum atomic E-state index is -4.11. The van der Waals surface area contributed by atoms with Crippen LogP contribution < -0.4 is 10.5 Å². The van der Waals surface area contributed by atoms with E-state index in [0.29, 0.717) is 0 Å². The number of carbonyl (C=O) groups excluding carboxylic acids is 1. The Morgan fingerprint density at radius 2 is 2.05 bits per heavy atom. The standard InChI is InChI=1S/C10H15N3O6S/c1-5-9(6(2)19-12-5)20(17,18)13-7(10(15)16)3-4-8(11)14/h7,13H,3-4H2,1-2H3,(H2,11,14)(H,15,16)/t7-/m0/s1. The van der Waals surface area contributed by atoms with Crippen LogP contribution >= 0.6 is 0 Å². The van der Waals surface area contributed by atoms with Crippen molar-refractivity contribution in [2.45, 2.75) is 37.6 Å². The Kier molecular flexibility index (Phi) is 4.84. The Morgan fingerprint density at radius 3 is 2.45 bits per heavy atom. The molecule has 1 rings (SSSR count). The van der Waals surface area contributed by atoms with Crippen molar-refractivity contribution < 1.29 is 27.6 Å². The van der Waals surface area contributed by atoms with E-state index in [1.165, 1.54) is 13.8 Å². The predicted molar refractivity (Wildman–Crippen MR) is 66.2 cm³/mol. The molecule has 1 heterocycles. The molecule has 0 saturated carbocycles. The maximum absolute atomic E-state index is 12.1. The fourth-order valence-corrected chi connectivity index (χ4v) is 3.18. The molecule has 0 aliphatic rings. The lowest BCUT2D eigenvalue weighted by Crippen LogP contribution is -2.41. The number of rotatable bonds is 7. The molecule has 20 heavy (non-hydrogen) atoms. The molecule has 9 nitrogen and oxygen atoms in total. The smallest absolute Gasteiger partial charge is 0.321 e. The fourth-order valence-electron chi connectivity index (χ4n) is 1.62. The quantitative estimate of drug-likeness (QED) is 0.601. The van der Waals surface area contributed by atoms with Crippen LogP contribution in [0.25, 0.3) is 0 Å². The van der Waals surface area contributed by atoms with E-state index < -0.39 is 27.9 Å². The van der Waals surface area contributed by atoms with Crippen LogP contribution in [-0.4, -0.2) is 36.6 Å². The molecule has 0 spiro atoms. The van der Waals surface area contributed by atoms with Gasteiger partial charge >= 0.3 is 5.97 Å². The maximum atomic E-state index is 12.1. The topological polar surface area (TPSA) is 153 Å². The third kappa shape index (κ3) is 3.78. The molecule has 0 saturated heterocycles. The fraction of sp³-hybridized carbons (Fsp3) is 0.500. The van der Waals surface area contributed by atoms with Crippen LogP contribution in [0.5, 0.6) is 0 Å². The molecule has 0 radical (unpaired) electrons. The second-order valence-electron chi connectivity index (χ2n) is 4.17. The van der Waals surface area contributed by atoms with E-state index in [9.17, 15) is 18.0 Å². The third-order valence-electron chi connectivity index (χ3n) is 2.51. The van der Waals surface area contributed by atoms with Crippen molar-refractivity contribution >= 4 is 21.9 Å². The number of aryl methyl sites for hydroxylation is 2. The van der Waals surface area contributed by atoms with Crippen molar-refractivity contribution in [1.82, 2.24) is 9.88 Å². The number of aliphatic carboxylic acids is 1. The third-order valence-corrected chi connectivity index (χ3v) is 4.23. The first kappa shape index (κ1) is 16.1. The van der Waals surface area contributed by atoms with Crippen LogP contribution in [0.3, 0.4) is 0 Å². The van der Waals surface area contributed by atoms with Crippen LogP contribution in [0.15, 0.2) is 9.42 Å². The van der Waals surface area contributed by atoms with E-state index in [-0.39, 0.29) is 29.2 Å². The van der Waals surface area contributed by atoms with Crippen molar-refractivity contribution in [1.29, 1.82) is 0 Å². The Labute approximate surface area is 115 Å². The van der Waals surface area contributed by atoms with E-state index in [1.54, 1.807) is 0 Å². The summed E-state index contributed by atoms with van der Waals surface area (Å²) in [5.74, 6) is -2.07. The lowest BCUT2D eigenvalue weighted by molar-refractivity contribution is -0.139. The number of carboxylic acid groups (broad SMARTS) is 1. The SMILES string of the molecule is Cc1noc(C)c1S(=O)(=O)N[C@@H](CCC(N)=O)C(=O)O. The van der Waals surface area contributed by atoms with Gasteiger partial charge in [0.15, 0.2) is 5.76 Å². The summed E-state index contributed by atoms with van der Waals surface area (Å²) in [4.78, 5) is 21.5. The second kappa shape index (κ2) is 6.01. The highest BCUT2D eigenvalue weighted by Gasteiger charge is 2.30. The van der Waals surface area contributed by atoms with Crippen LogP contribution in [0.2, 0.25) is 0 Å². The van der Waals surface area contributed by atoms with Gasteiger partial charge in [-0.1, -0.05) is 5.16 Å². The zero-order valence-electron chi connectivity index (χ0n) is 10.9. The number of nitrogens with one attached hydrogen (secondary N) is 1. The molecule has 0 bridgehead atoms. The summed E-state index contributed by atoms with van der Waals surface area (Å²) < 4.78 is 30.9. The summed E-state index contributed by atoms with van der Waals surface area (Å²) in [6, 6.07) is -1.46. The average Bonchev–Trinajstić information content (AvgIpc) is 2.64. The van der Waals surface area contributed by atoms with Crippen LogP contribution in [0.4, 0.5) is 0 Å². The first-order chi connectivity index (χ1) is 9.15. The average molecular weight is 305 g/mol. The Morgan fingerprint density at radius 1 is 1.45 bits per heavy atom. The van der Waals surface area contributed by atoms with Gasteiger partial charge in [0.1, 0.15) is 16.6 Å². The van der Waals surface area contributed by atoms with Crippen molar-refractivity contribution in [2.24, 2.45) is 5.73 Å². The summed E-state index contributed by atoms with van der Waals surface area (Å²) in [5, 5.41) is 12.5. The van der Waals surface area contributed by atoms with Crippen molar-refractivity contribution in [3.05, 3.63) is 11.5 Å². The van der Waals surface area contributed by atoms with Crippen molar-refractivity contribution in [3.8, 4) is 0 Å².